The molecule has 31 heavy (non-hydrogen) atoms. The van der Waals surface area contributed by atoms with Gasteiger partial charge in [0.15, 0.2) is 5.13 Å². The molecule has 4 rings (SSSR count). The lowest BCUT2D eigenvalue weighted by atomic mass is 9.92. The monoisotopic (exact) mass is 456 g/mol. The number of thiophene rings is 1. The SMILES string of the molecule is Cn1nc(C(C)(C)C)cc1NC(=O)Nc1ncc(CCNc2ncnc3ccsc23)s1. The lowest BCUT2D eigenvalue weighted by Crippen LogP contribution is -2.20. The Kier molecular flexibility index (Phi) is 5.88. The topological polar surface area (TPSA) is 110 Å². The van der Waals surface area contributed by atoms with Gasteiger partial charge in [0.25, 0.3) is 0 Å². The van der Waals surface area contributed by atoms with Gasteiger partial charge in [-0.2, -0.15) is 5.10 Å². The highest BCUT2D eigenvalue weighted by Crippen LogP contribution is 2.26. The second-order valence-electron chi connectivity index (χ2n) is 8.03. The molecule has 0 aliphatic heterocycles. The predicted octanol–water partition coefficient (Wildman–Crippen LogP) is 4.48. The van der Waals surface area contributed by atoms with Crippen LogP contribution in [0, 0.1) is 0 Å². The zero-order chi connectivity index (χ0) is 22.0. The maximum Gasteiger partial charge on any atom is 0.326 e. The molecule has 2 amide bonds. The summed E-state index contributed by atoms with van der Waals surface area (Å²) in [4.78, 5) is 26.3. The fraction of sp³-hybridized carbons (Fsp3) is 0.350. The van der Waals surface area contributed by atoms with Crippen LogP contribution in [0.4, 0.5) is 21.6 Å². The van der Waals surface area contributed by atoms with Crippen LogP contribution in [0.25, 0.3) is 10.2 Å². The molecule has 4 heterocycles. The van der Waals surface area contributed by atoms with E-state index in [1.165, 1.54) is 11.3 Å². The van der Waals surface area contributed by atoms with E-state index in [2.05, 4.69) is 56.8 Å². The van der Waals surface area contributed by atoms with Crippen molar-refractivity contribution in [3.05, 3.63) is 40.6 Å². The smallest absolute Gasteiger partial charge is 0.326 e. The molecule has 0 radical (unpaired) electrons. The summed E-state index contributed by atoms with van der Waals surface area (Å²) < 4.78 is 2.71. The number of anilines is 3. The van der Waals surface area contributed by atoms with Gasteiger partial charge in [0.1, 0.15) is 18.0 Å². The first-order chi connectivity index (χ1) is 14.8. The van der Waals surface area contributed by atoms with Gasteiger partial charge in [0, 0.05) is 42.6 Å². The third-order valence-electron chi connectivity index (χ3n) is 4.57. The highest BCUT2D eigenvalue weighted by atomic mass is 32.1. The number of urea groups is 1. The second-order valence-corrected chi connectivity index (χ2v) is 10.1. The van der Waals surface area contributed by atoms with Crippen molar-refractivity contribution >= 4 is 55.7 Å². The van der Waals surface area contributed by atoms with E-state index in [1.54, 1.807) is 35.6 Å². The molecule has 0 aliphatic rings. The van der Waals surface area contributed by atoms with Gasteiger partial charge in [-0.1, -0.05) is 20.8 Å². The minimum absolute atomic E-state index is 0.0898. The highest BCUT2D eigenvalue weighted by molar-refractivity contribution is 7.17. The standard InChI is InChI=1S/C20H24N8OS2/c1-20(2,3)14-9-15(28(4)27-14)25-18(29)26-19-22-10-12(31-19)5-7-21-17-16-13(6-8-30-16)23-11-24-17/h6,8-11H,5,7H2,1-4H3,(H,21,23,24)(H2,22,25,26,29). The molecule has 0 unspecified atom stereocenters. The maximum absolute atomic E-state index is 12.4. The van der Waals surface area contributed by atoms with Crippen LogP contribution in [0.15, 0.2) is 30.0 Å². The highest BCUT2D eigenvalue weighted by Gasteiger charge is 2.20. The molecule has 0 fully saturated rings. The van der Waals surface area contributed by atoms with Crippen molar-refractivity contribution in [2.75, 3.05) is 22.5 Å². The minimum atomic E-state index is -0.344. The lowest BCUT2D eigenvalue weighted by molar-refractivity contribution is 0.262. The third kappa shape index (κ3) is 5.00. The van der Waals surface area contributed by atoms with Crippen LogP contribution in [-0.2, 0) is 18.9 Å². The first-order valence-electron chi connectivity index (χ1n) is 9.79. The number of nitrogens with one attached hydrogen (secondary N) is 3. The largest absolute Gasteiger partial charge is 0.368 e. The van der Waals surface area contributed by atoms with Crippen LogP contribution in [0.3, 0.4) is 0 Å². The van der Waals surface area contributed by atoms with Crippen molar-refractivity contribution in [1.82, 2.24) is 24.7 Å². The molecule has 162 valence electrons. The number of carbonyl (C=O) groups excluding carboxylic acids is 1. The van der Waals surface area contributed by atoms with E-state index in [4.69, 9.17) is 0 Å². The average Bonchev–Trinajstić information content (AvgIpc) is 3.42. The van der Waals surface area contributed by atoms with Gasteiger partial charge in [0.2, 0.25) is 0 Å². The van der Waals surface area contributed by atoms with Crippen molar-refractivity contribution in [1.29, 1.82) is 0 Å². The Morgan fingerprint density at radius 2 is 2.03 bits per heavy atom. The molecule has 0 spiro atoms. The van der Waals surface area contributed by atoms with E-state index in [0.717, 1.165) is 33.0 Å². The fourth-order valence-electron chi connectivity index (χ4n) is 2.90. The number of aryl methyl sites for hydroxylation is 1. The molecule has 0 aromatic carbocycles. The summed E-state index contributed by atoms with van der Waals surface area (Å²) in [7, 11) is 1.81. The Hall–Kier alpha value is -3.05. The molecule has 3 N–H and O–H groups in total. The first-order valence-corrected chi connectivity index (χ1v) is 11.5. The summed E-state index contributed by atoms with van der Waals surface area (Å²) in [6.07, 6.45) is 4.12. The van der Waals surface area contributed by atoms with Gasteiger partial charge in [-0.3, -0.25) is 15.3 Å². The van der Waals surface area contributed by atoms with E-state index in [9.17, 15) is 4.79 Å². The molecule has 0 aliphatic carbocycles. The van der Waals surface area contributed by atoms with Crippen molar-refractivity contribution < 1.29 is 4.79 Å². The number of rotatable bonds is 6. The van der Waals surface area contributed by atoms with Gasteiger partial charge in [0.05, 0.1) is 15.9 Å². The third-order valence-corrected chi connectivity index (χ3v) is 6.45. The van der Waals surface area contributed by atoms with Gasteiger partial charge in [-0.15, -0.1) is 22.7 Å². The summed E-state index contributed by atoms with van der Waals surface area (Å²) in [5, 5.41) is 16.0. The summed E-state index contributed by atoms with van der Waals surface area (Å²) in [5.74, 6) is 1.47. The zero-order valence-electron chi connectivity index (χ0n) is 17.8. The Morgan fingerprint density at radius 3 is 2.81 bits per heavy atom. The van der Waals surface area contributed by atoms with E-state index in [1.807, 2.05) is 17.5 Å². The summed E-state index contributed by atoms with van der Waals surface area (Å²) in [6, 6.07) is 3.52. The van der Waals surface area contributed by atoms with Crippen LogP contribution in [0.2, 0.25) is 0 Å². The molecular formula is C20H24N8OS2. The number of amides is 2. The molecule has 11 heteroatoms. The molecule has 9 nitrogen and oxygen atoms in total. The maximum atomic E-state index is 12.4. The molecule has 4 aromatic rings. The van der Waals surface area contributed by atoms with Crippen molar-refractivity contribution in [3.8, 4) is 0 Å². The van der Waals surface area contributed by atoms with E-state index in [0.29, 0.717) is 17.5 Å². The Labute approximate surface area is 188 Å². The second kappa shape index (κ2) is 8.60. The average molecular weight is 457 g/mol. The van der Waals surface area contributed by atoms with E-state index < -0.39 is 0 Å². The fourth-order valence-corrected chi connectivity index (χ4v) is 4.51. The van der Waals surface area contributed by atoms with Crippen LogP contribution in [-0.4, -0.2) is 37.3 Å². The van der Waals surface area contributed by atoms with E-state index in [-0.39, 0.29) is 11.4 Å². The number of hydrogen-bond acceptors (Lipinski definition) is 8. The Bertz CT molecular complexity index is 1200. The van der Waals surface area contributed by atoms with Crippen LogP contribution >= 0.6 is 22.7 Å². The number of fused-ring (bicyclic) bond motifs is 1. The molecule has 4 aromatic heterocycles. The van der Waals surface area contributed by atoms with Crippen LogP contribution < -0.4 is 16.0 Å². The quantitative estimate of drug-likeness (QED) is 0.395. The lowest BCUT2D eigenvalue weighted by Gasteiger charge is -2.13. The van der Waals surface area contributed by atoms with Crippen LogP contribution in [0.5, 0.6) is 0 Å². The summed E-state index contributed by atoms with van der Waals surface area (Å²) in [6.45, 7) is 6.96. The van der Waals surface area contributed by atoms with Crippen molar-refractivity contribution in [3.63, 3.8) is 0 Å². The summed E-state index contributed by atoms with van der Waals surface area (Å²) in [5.41, 5.74) is 1.77. The predicted molar refractivity (Wildman–Crippen MR) is 126 cm³/mol. The van der Waals surface area contributed by atoms with Gasteiger partial charge in [-0.05, 0) is 11.4 Å². The van der Waals surface area contributed by atoms with Crippen molar-refractivity contribution in [2.24, 2.45) is 7.05 Å². The number of thiazole rings is 1. The molecule has 0 saturated heterocycles. The first kappa shape index (κ1) is 21.2. The zero-order valence-corrected chi connectivity index (χ0v) is 19.4. The van der Waals surface area contributed by atoms with Crippen LogP contribution in [0.1, 0.15) is 31.3 Å². The van der Waals surface area contributed by atoms with Crippen molar-refractivity contribution in [2.45, 2.75) is 32.6 Å². The normalized spacial score (nSPS) is 11.6. The Balaban J connectivity index is 1.30. The number of carbonyl (C=O) groups is 1. The van der Waals surface area contributed by atoms with Gasteiger partial charge in [-0.25, -0.2) is 19.7 Å². The molecular weight excluding hydrogens is 432 g/mol. The van der Waals surface area contributed by atoms with Gasteiger partial charge >= 0.3 is 6.03 Å². The summed E-state index contributed by atoms with van der Waals surface area (Å²) >= 11 is 3.07. The minimum Gasteiger partial charge on any atom is -0.368 e. The Morgan fingerprint density at radius 1 is 1.19 bits per heavy atom. The van der Waals surface area contributed by atoms with E-state index >= 15 is 0 Å². The van der Waals surface area contributed by atoms with Gasteiger partial charge < -0.3 is 5.32 Å². The molecule has 0 bridgehead atoms. The molecule has 0 atom stereocenters. The number of hydrogen-bond donors (Lipinski definition) is 3. The molecule has 0 saturated carbocycles. The number of nitrogens with zero attached hydrogens (tertiary/aromatic N) is 5. The number of aromatic nitrogens is 5.